The summed E-state index contributed by atoms with van der Waals surface area (Å²) in [6.45, 7) is -0.0571. The Balaban J connectivity index is 3.17. The van der Waals surface area contributed by atoms with E-state index in [1.165, 1.54) is 16.9 Å². The molecule has 0 radical (unpaired) electrons. The van der Waals surface area contributed by atoms with Gasteiger partial charge in [-0.2, -0.15) is 26.3 Å². The predicted molar refractivity (Wildman–Crippen MR) is 68.0 cm³/mol. The standard InChI is InChI=1S/C12H13F6NO3S/c1-7-2-4-8(5-3-7)23(21,22)19-9(6-20)10(11(13,14)15)12(16,17)18/h2-5,9-10,19-20H,6H2,1H3. The van der Waals surface area contributed by atoms with Crippen LogP contribution in [0.4, 0.5) is 26.3 Å². The van der Waals surface area contributed by atoms with Crippen LogP contribution >= 0.6 is 0 Å². The first-order valence-electron chi connectivity index (χ1n) is 6.12. The number of rotatable bonds is 5. The Labute approximate surface area is 128 Å². The number of aliphatic hydroxyl groups is 1. The number of aliphatic hydroxyl groups excluding tert-OH is 1. The summed E-state index contributed by atoms with van der Waals surface area (Å²) in [4.78, 5) is -0.510. The summed E-state index contributed by atoms with van der Waals surface area (Å²) >= 11 is 0. The first-order chi connectivity index (χ1) is 10.3. The van der Waals surface area contributed by atoms with Crippen molar-refractivity contribution in [3.63, 3.8) is 0 Å². The topological polar surface area (TPSA) is 66.4 Å². The van der Waals surface area contributed by atoms with Crippen LogP contribution in [-0.2, 0) is 10.0 Å². The molecule has 0 heterocycles. The lowest BCUT2D eigenvalue weighted by molar-refractivity contribution is -0.292. The summed E-state index contributed by atoms with van der Waals surface area (Å²) in [6.07, 6.45) is -11.6. The molecule has 11 heteroatoms. The number of hydrogen-bond donors (Lipinski definition) is 2. The molecular weight excluding hydrogens is 352 g/mol. The van der Waals surface area contributed by atoms with Crippen LogP contribution in [0.25, 0.3) is 0 Å². The number of alkyl halides is 6. The Morgan fingerprint density at radius 3 is 1.83 bits per heavy atom. The Morgan fingerprint density at radius 1 is 1.04 bits per heavy atom. The fraction of sp³-hybridized carbons (Fsp3) is 0.500. The van der Waals surface area contributed by atoms with E-state index in [-0.39, 0.29) is 0 Å². The Morgan fingerprint density at radius 2 is 1.48 bits per heavy atom. The van der Waals surface area contributed by atoms with Gasteiger partial charge in [0.2, 0.25) is 10.0 Å². The minimum atomic E-state index is -5.78. The molecule has 132 valence electrons. The highest BCUT2D eigenvalue weighted by Crippen LogP contribution is 2.41. The first kappa shape index (κ1) is 19.7. The van der Waals surface area contributed by atoms with Gasteiger partial charge in [0.1, 0.15) is 0 Å². The van der Waals surface area contributed by atoms with Crippen molar-refractivity contribution >= 4 is 10.0 Å². The Kier molecular flexibility index (Phi) is 5.70. The normalized spacial score (nSPS) is 15.0. The third-order valence-electron chi connectivity index (χ3n) is 2.94. The predicted octanol–water partition coefficient (Wildman–Crippen LogP) is 2.38. The average Bonchev–Trinajstić information content (AvgIpc) is 2.34. The van der Waals surface area contributed by atoms with Crippen molar-refractivity contribution in [3.8, 4) is 0 Å². The highest BCUT2D eigenvalue weighted by Gasteiger charge is 2.60. The highest BCUT2D eigenvalue weighted by molar-refractivity contribution is 7.89. The van der Waals surface area contributed by atoms with Gasteiger partial charge in [-0.05, 0) is 19.1 Å². The van der Waals surface area contributed by atoms with Crippen molar-refractivity contribution in [1.82, 2.24) is 4.72 Å². The fourth-order valence-corrected chi connectivity index (χ4v) is 3.08. The number of benzene rings is 1. The lowest BCUT2D eigenvalue weighted by Gasteiger charge is -2.29. The van der Waals surface area contributed by atoms with Gasteiger partial charge in [0.15, 0.2) is 5.92 Å². The van der Waals surface area contributed by atoms with Gasteiger partial charge in [0.25, 0.3) is 0 Å². The summed E-state index contributed by atoms with van der Waals surface area (Å²) < 4.78 is 101. The molecule has 0 aliphatic carbocycles. The van der Waals surface area contributed by atoms with Crippen molar-refractivity contribution in [1.29, 1.82) is 0 Å². The molecule has 0 saturated carbocycles. The van der Waals surface area contributed by atoms with E-state index in [0.717, 1.165) is 12.1 Å². The van der Waals surface area contributed by atoms with Crippen molar-refractivity contribution in [3.05, 3.63) is 29.8 Å². The lowest BCUT2D eigenvalue weighted by Crippen LogP contribution is -2.54. The molecule has 1 aromatic carbocycles. The van der Waals surface area contributed by atoms with Crippen LogP contribution in [0, 0.1) is 12.8 Å². The third kappa shape index (κ3) is 5.08. The molecule has 0 aromatic heterocycles. The molecule has 0 bridgehead atoms. The highest BCUT2D eigenvalue weighted by atomic mass is 32.2. The van der Waals surface area contributed by atoms with Crippen LogP contribution in [-0.4, -0.2) is 38.5 Å². The van der Waals surface area contributed by atoms with Gasteiger partial charge in [0.05, 0.1) is 17.5 Å². The van der Waals surface area contributed by atoms with Crippen LogP contribution in [0.15, 0.2) is 29.2 Å². The van der Waals surface area contributed by atoms with Crippen molar-refractivity contribution in [2.45, 2.75) is 30.2 Å². The quantitative estimate of drug-likeness (QED) is 0.788. The molecule has 4 nitrogen and oxygen atoms in total. The van der Waals surface area contributed by atoms with E-state index in [4.69, 9.17) is 5.11 Å². The van der Waals surface area contributed by atoms with Crippen LogP contribution in [0.5, 0.6) is 0 Å². The first-order valence-corrected chi connectivity index (χ1v) is 7.60. The van der Waals surface area contributed by atoms with E-state index in [2.05, 4.69) is 0 Å². The zero-order chi connectivity index (χ0) is 18.1. The van der Waals surface area contributed by atoms with Crippen molar-refractivity contribution < 1.29 is 39.9 Å². The average molecular weight is 365 g/mol. The largest absolute Gasteiger partial charge is 0.402 e. The SMILES string of the molecule is Cc1ccc(S(=O)(=O)NC(CO)C(C(F)(F)F)C(F)(F)F)cc1. The Hall–Kier alpha value is -1.33. The number of halogens is 6. The minimum absolute atomic E-state index is 0.510. The van der Waals surface area contributed by atoms with E-state index in [9.17, 15) is 34.8 Å². The summed E-state index contributed by atoms with van der Waals surface area (Å²) in [5, 5.41) is 8.85. The molecule has 2 N–H and O–H groups in total. The molecule has 1 unspecified atom stereocenters. The number of hydrogen-bond acceptors (Lipinski definition) is 3. The molecule has 0 aliphatic rings. The zero-order valence-electron chi connectivity index (χ0n) is 11.6. The molecule has 23 heavy (non-hydrogen) atoms. The molecule has 1 rings (SSSR count). The maximum absolute atomic E-state index is 12.6. The van der Waals surface area contributed by atoms with Crippen LogP contribution in [0.2, 0.25) is 0 Å². The summed E-state index contributed by atoms with van der Waals surface area (Å²) in [6, 6.07) is 1.92. The van der Waals surface area contributed by atoms with Gasteiger partial charge in [-0.15, -0.1) is 0 Å². The molecule has 0 aliphatic heterocycles. The van der Waals surface area contributed by atoms with Crippen molar-refractivity contribution in [2.24, 2.45) is 5.92 Å². The lowest BCUT2D eigenvalue weighted by atomic mass is 10.00. The number of sulfonamides is 1. The second-order valence-electron chi connectivity index (χ2n) is 4.78. The second-order valence-corrected chi connectivity index (χ2v) is 6.50. The Bertz CT molecular complexity index is 610. The maximum Gasteiger partial charge on any atom is 0.402 e. The zero-order valence-corrected chi connectivity index (χ0v) is 12.4. The van der Waals surface area contributed by atoms with Crippen LogP contribution in [0.1, 0.15) is 5.56 Å². The van der Waals surface area contributed by atoms with E-state index in [0.29, 0.717) is 5.56 Å². The van der Waals surface area contributed by atoms with Gasteiger partial charge in [-0.3, -0.25) is 0 Å². The minimum Gasteiger partial charge on any atom is -0.395 e. The monoisotopic (exact) mass is 365 g/mol. The van der Waals surface area contributed by atoms with E-state index in [1.807, 2.05) is 0 Å². The van der Waals surface area contributed by atoms with Crippen molar-refractivity contribution in [2.75, 3.05) is 6.61 Å². The molecular formula is C12H13F6NO3S. The summed E-state index contributed by atoms with van der Waals surface area (Å²) in [5.41, 5.74) is 0.645. The number of aryl methyl sites for hydroxylation is 1. The third-order valence-corrected chi connectivity index (χ3v) is 4.45. The van der Waals surface area contributed by atoms with E-state index >= 15 is 0 Å². The van der Waals surface area contributed by atoms with Gasteiger partial charge in [0, 0.05) is 0 Å². The molecule has 0 fully saturated rings. The molecule has 1 aromatic rings. The van der Waals surface area contributed by atoms with Crippen LogP contribution in [0.3, 0.4) is 0 Å². The fourth-order valence-electron chi connectivity index (χ4n) is 1.84. The smallest absolute Gasteiger partial charge is 0.395 e. The van der Waals surface area contributed by atoms with Gasteiger partial charge < -0.3 is 5.11 Å². The summed E-state index contributed by atoms with van der Waals surface area (Å²) in [5.74, 6) is -4.03. The van der Waals surface area contributed by atoms with Gasteiger partial charge >= 0.3 is 12.4 Å². The maximum atomic E-state index is 12.6. The molecule has 0 spiro atoms. The van der Waals surface area contributed by atoms with Gasteiger partial charge in [-0.1, -0.05) is 17.7 Å². The second kappa shape index (κ2) is 6.65. The van der Waals surface area contributed by atoms with Crippen LogP contribution < -0.4 is 4.72 Å². The number of nitrogens with one attached hydrogen (secondary N) is 1. The van der Waals surface area contributed by atoms with E-state index < -0.39 is 45.8 Å². The summed E-state index contributed by atoms with van der Waals surface area (Å²) in [7, 11) is -4.66. The molecule has 0 amide bonds. The molecule has 1 atom stereocenters. The molecule has 0 saturated heterocycles. The van der Waals surface area contributed by atoms with Gasteiger partial charge in [-0.25, -0.2) is 13.1 Å². The van der Waals surface area contributed by atoms with E-state index in [1.54, 1.807) is 6.92 Å².